The number of carbonyl (C=O) groups is 2. The Labute approximate surface area is 182 Å². The SMILES string of the molecule is COc1cc(CNC(=O)C(NC(=O)c2ccco2)C(C)C)ccc1OCC1CCCO1. The first-order chi connectivity index (χ1) is 15.0. The van der Waals surface area contributed by atoms with Gasteiger partial charge in [0.1, 0.15) is 12.6 Å². The number of nitrogens with one attached hydrogen (secondary N) is 2. The molecule has 1 saturated heterocycles. The number of benzene rings is 1. The highest BCUT2D eigenvalue weighted by Gasteiger charge is 2.25. The molecule has 8 heteroatoms. The van der Waals surface area contributed by atoms with E-state index in [0.29, 0.717) is 24.7 Å². The molecule has 0 aliphatic carbocycles. The van der Waals surface area contributed by atoms with Crippen molar-refractivity contribution >= 4 is 11.8 Å². The molecule has 2 N–H and O–H groups in total. The Kier molecular flexibility index (Phi) is 7.94. The summed E-state index contributed by atoms with van der Waals surface area (Å²) >= 11 is 0. The van der Waals surface area contributed by atoms with Gasteiger partial charge < -0.3 is 29.3 Å². The summed E-state index contributed by atoms with van der Waals surface area (Å²) in [5, 5.41) is 5.61. The largest absolute Gasteiger partial charge is 0.493 e. The third kappa shape index (κ3) is 6.24. The van der Waals surface area contributed by atoms with E-state index in [9.17, 15) is 9.59 Å². The van der Waals surface area contributed by atoms with Gasteiger partial charge in [-0.3, -0.25) is 9.59 Å². The lowest BCUT2D eigenvalue weighted by Gasteiger charge is -2.21. The molecule has 1 aromatic heterocycles. The number of carbonyl (C=O) groups excluding carboxylic acids is 2. The monoisotopic (exact) mass is 430 g/mol. The molecule has 0 bridgehead atoms. The minimum Gasteiger partial charge on any atom is -0.493 e. The molecule has 1 aromatic carbocycles. The fourth-order valence-electron chi connectivity index (χ4n) is 3.35. The van der Waals surface area contributed by atoms with Crippen molar-refractivity contribution in [2.75, 3.05) is 20.3 Å². The van der Waals surface area contributed by atoms with Gasteiger partial charge in [0.2, 0.25) is 5.91 Å². The zero-order valence-corrected chi connectivity index (χ0v) is 18.2. The zero-order chi connectivity index (χ0) is 22.2. The van der Waals surface area contributed by atoms with Crippen LogP contribution in [0.2, 0.25) is 0 Å². The van der Waals surface area contributed by atoms with E-state index in [1.165, 1.54) is 6.26 Å². The second kappa shape index (κ2) is 10.9. The highest BCUT2D eigenvalue weighted by Crippen LogP contribution is 2.29. The molecule has 2 amide bonds. The van der Waals surface area contributed by atoms with Crippen molar-refractivity contribution in [3.8, 4) is 11.5 Å². The van der Waals surface area contributed by atoms with E-state index in [1.54, 1.807) is 19.2 Å². The molecule has 1 aliphatic rings. The Balaban J connectivity index is 1.56. The minimum absolute atomic E-state index is 0.0953. The van der Waals surface area contributed by atoms with Gasteiger partial charge in [-0.25, -0.2) is 0 Å². The van der Waals surface area contributed by atoms with Gasteiger partial charge in [-0.2, -0.15) is 0 Å². The summed E-state index contributed by atoms with van der Waals surface area (Å²) in [5.41, 5.74) is 0.856. The van der Waals surface area contributed by atoms with Crippen molar-refractivity contribution in [2.24, 2.45) is 5.92 Å². The first-order valence-electron chi connectivity index (χ1n) is 10.5. The standard InChI is InChI=1S/C23H30N2O6/c1-15(2)21(25-22(26)19-7-5-11-30-19)23(27)24-13-16-8-9-18(20(12-16)28-3)31-14-17-6-4-10-29-17/h5,7-9,11-12,15,17,21H,4,6,10,13-14H2,1-3H3,(H,24,27)(H,25,26). The molecule has 0 radical (unpaired) electrons. The molecular formula is C23H30N2O6. The predicted molar refractivity (Wildman–Crippen MR) is 114 cm³/mol. The third-order valence-corrected chi connectivity index (χ3v) is 5.12. The van der Waals surface area contributed by atoms with E-state index in [4.69, 9.17) is 18.6 Å². The second-order valence-corrected chi connectivity index (χ2v) is 7.82. The summed E-state index contributed by atoms with van der Waals surface area (Å²) in [5.74, 6) is 0.611. The van der Waals surface area contributed by atoms with Crippen LogP contribution in [-0.2, 0) is 16.1 Å². The van der Waals surface area contributed by atoms with E-state index in [2.05, 4.69) is 10.6 Å². The van der Waals surface area contributed by atoms with Crippen LogP contribution >= 0.6 is 0 Å². The van der Waals surface area contributed by atoms with Crippen molar-refractivity contribution in [3.63, 3.8) is 0 Å². The van der Waals surface area contributed by atoms with Gasteiger partial charge in [-0.1, -0.05) is 19.9 Å². The Morgan fingerprint density at radius 3 is 2.71 bits per heavy atom. The van der Waals surface area contributed by atoms with Crippen molar-refractivity contribution < 1.29 is 28.2 Å². The first-order valence-corrected chi connectivity index (χ1v) is 10.5. The van der Waals surface area contributed by atoms with Crippen molar-refractivity contribution in [1.29, 1.82) is 0 Å². The average Bonchev–Trinajstić information content (AvgIpc) is 3.48. The third-order valence-electron chi connectivity index (χ3n) is 5.12. The summed E-state index contributed by atoms with van der Waals surface area (Å²) < 4.78 is 22.0. The summed E-state index contributed by atoms with van der Waals surface area (Å²) in [6.07, 6.45) is 3.59. The van der Waals surface area contributed by atoms with Gasteiger partial charge in [0, 0.05) is 13.2 Å². The van der Waals surface area contributed by atoms with E-state index in [-0.39, 0.29) is 23.7 Å². The number of rotatable bonds is 10. The molecule has 0 spiro atoms. The number of methoxy groups -OCH3 is 1. The topological polar surface area (TPSA) is 99.0 Å². The number of hydrogen-bond acceptors (Lipinski definition) is 6. The maximum absolute atomic E-state index is 12.7. The van der Waals surface area contributed by atoms with Crippen LogP contribution < -0.4 is 20.1 Å². The Hall–Kier alpha value is -3.00. The predicted octanol–water partition coefficient (Wildman–Crippen LogP) is 2.92. The van der Waals surface area contributed by atoms with Crippen LogP contribution in [0.25, 0.3) is 0 Å². The summed E-state index contributed by atoms with van der Waals surface area (Å²) in [7, 11) is 1.58. The Morgan fingerprint density at radius 2 is 2.06 bits per heavy atom. The number of furan rings is 1. The van der Waals surface area contributed by atoms with Crippen molar-refractivity contribution in [3.05, 3.63) is 47.9 Å². The van der Waals surface area contributed by atoms with Crippen LogP contribution in [0.1, 0.15) is 42.8 Å². The molecular weight excluding hydrogens is 400 g/mol. The summed E-state index contributed by atoms with van der Waals surface area (Å²) in [4.78, 5) is 25.0. The molecule has 3 rings (SSSR count). The van der Waals surface area contributed by atoms with E-state index >= 15 is 0 Å². The first kappa shape index (κ1) is 22.7. The number of hydrogen-bond donors (Lipinski definition) is 2. The van der Waals surface area contributed by atoms with Gasteiger partial charge in [0.25, 0.3) is 5.91 Å². The quantitative estimate of drug-likeness (QED) is 0.601. The van der Waals surface area contributed by atoms with Crippen LogP contribution in [0, 0.1) is 5.92 Å². The summed E-state index contributed by atoms with van der Waals surface area (Å²) in [6, 6.07) is 8.03. The van der Waals surface area contributed by atoms with Crippen LogP contribution in [0.3, 0.4) is 0 Å². The van der Waals surface area contributed by atoms with Crippen LogP contribution in [-0.4, -0.2) is 44.3 Å². The molecule has 31 heavy (non-hydrogen) atoms. The smallest absolute Gasteiger partial charge is 0.287 e. The van der Waals surface area contributed by atoms with Crippen LogP contribution in [0.15, 0.2) is 41.0 Å². The minimum atomic E-state index is -0.687. The maximum atomic E-state index is 12.7. The van der Waals surface area contributed by atoms with Gasteiger partial charge in [-0.15, -0.1) is 0 Å². The maximum Gasteiger partial charge on any atom is 0.287 e. The molecule has 8 nitrogen and oxygen atoms in total. The molecule has 2 atom stereocenters. The molecule has 168 valence electrons. The molecule has 0 saturated carbocycles. The van der Waals surface area contributed by atoms with E-state index in [0.717, 1.165) is 25.0 Å². The van der Waals surface area contributed by atoms with Crippen LogP contribution in [0.5, 0.6) is 11.5 Å². The van der Waals surface area contributed by atoms with Gasteiger partial charge in [-0.05, 0) is 48.6 Å². The lowest BCUT2D eigenvalue weighted by atomic mass is 10.0. The lowest BCUT2D eigenvalue weighted by Crippen LogP contribution is -2.49. The van der Waals surface area contributed by atoms with Gasteiger partial charge in [0.15, 0.2) is 17.3 Å². The fraction of sp³-hybridized carbons (Fsp3) is 0.478. The van der Waals surface area contributed by atoms with Crippen LogP contribution in [0.4, 0.5) is 0 Å². The van der Waals surface area contributed by atoms with Gasteiger partial charge >= 0.3 is 0 Å². The molecule has 2 heterocycles. The van der Waals surface area contributed by atoms with Crippen molar-refractivity contribution in [1.82, 2.24) is 10.6 Å². The van der Waals surface area contributed by atoms with Crippen molar-refractivity contribution in [2.45, 2.75) is 45.4 Å². The lowest BCUT2D eigenvalue weighted by molar-refractivity contribution is -0.124. The highest BCUT2D eigenvalue weighted by atomic mass is 16.5. The highest BCUT2D eigenvalue weighted by molar-refractivity contribution is 5.95. The second-order valence-electron chi connectivity index (χ2n) is 7.82. The normalized spacial score (nSPS) is 16.7. The number of amides is 2. The van der Waals surface area contributed by atoms with E-state index < -0.39 is 11.9 Å². The average molecular weight is 431 g/mol. The fourth-order valence-corrected chi connectivity index (χ4v) is 3.35. The number of ether oxygens (including phenoxy) is 3. The molecule has 1 fully saturated rings. The Bertz CT molecular complexity index is 859. The molecule has 1 aliphatic heterocycles. The summed E-state index contributed by atoms with van der Waals surface area (Å²) in [6.45, 7) is 5.30. The van der Waals surface area contributed by atoms with E-state index in [1.807, 2.05) is 32.0 Å². The Morgan fingerprint density at radius 1 is 1.23 bits per heavy atom. The molecule has 2 aromatic rings. The molecule has 2 unspecified atom stereocenters. The van der Waals surface area contributed by atoms with Gasteiger partial charge in [0.05, 0.1) is 19.5 Å². The zero-order valence-electron chi connectivity index (χ0n) is 18.2.